The molecule has 1 rings (SSSR count). The molecule has 0 fully saturated rings. The van der Waals surface area contributed by atoms with E-state index < -0.39 is 0 Å². The van der Waals surface area contributed by atoms with E-state index in [9.17, 15) is 4.39 Å². The summed E-state index contributed by atoms with van der Waals surface area (Å²) in [7, 11) is 0. The Bertz CT molecular complexity index is 373. The Hall–Kier alpha value is -0.640. The number of hydrogen-bond acceptors (Lipinski definition) is 2. The van der Waals surface area contributed by atoms with Crippen LogP contribution in [0.4, 0.5) is 4.39 Å². The molecule has 0 saturated carbocycles. The molecule has 0 aliphatic carbocycles. The summed E-state index contributed by atoms with van der Waals surface area (Å²) in [6, 6.07) is 4.80. The maximum Gasteiger partial charge on any atom is 0.129 e. The second-order valence-electron chi connectivity index (χ2n) is 5.37. The molecule has 1 aromatic carbocycles. The first kappa shape index (κ1) is 15.4. The number of nitrogens with two attached hydrogens (primary N) is 1. The van der Waals surface area contributed by atoms with E-state index in [4.69, 9.17) is 17.3 Å². The van der Waals surface area contributed by atoms with Gasteiger partial charge in [-0.3, -0.25) is 4.90 Å². The van der Waals surface area contributed by atoms with Gasteiger partial charge in [-0.2, -0.15) is 0 Å². The number of nitrogens with zero attached hydrogens (tertiary/aromatic N) is 1. The predicted molar refractivity (Wildman–Crippen MR) is 75.2 cm³/mol. The molecule has 0 radical (unpaired) electrons. The second kappa shape index (κ2) is 6.50. The molecule has 0 spiro atoms. The van der Waals surface area contributed by atoms with E-state index in [1.54, 1.807) is 12.1 Å². The van der Waals surface area contributed by atoms with Crippen molar-refractivity contribution in [3.05, 3.63) is 34.6 Å². The average Bonchev–Trinajstić information content (AvgIpc) is 2.32. The highest BCUT2D eigenvalue weighted by molar-refractivity contribution is 6.31. The molecular weight excluding hydrogens is 251 g/mol. The van der Waals surface area contributed by atoms with E-state index in [-0.39, 0.29) is 11.2 Å². The van der Waals surface area contributed by atoms with Gasteiger partial charge in [-0.1, -0.05) is 38.4 Å². The molecule has 2 nitrogen and oxygen atoms in total. The van der Waals surface area contributed by atoms with Crippen LogP contribution < -0.4 is 5.73 Å². The minimum Gasteiger partial charge on any atom is -0.330 e. The first-order valence-corrected chi connectivity index (χ1v) is 6.62. The first-order chi connectivity index (χ1) is 8.39. The summed E-state index contributed by atoms with van der Waals surface area (Å²) in [4.78, 5) is 2.16. The van der Waals surface area contributed by atoms with Gasteiger partial charge in [-0.25, -0.2) is 4.39 Å². The van der Waals surface area contributed by atoms with Crippen LogP contribution >= 0.6 is 11.6 Å². The summed E-state index contributed by atoms with van der Waals surface area (Å²) < 4.78 is 13.7. The summed E-state index contributed by atoms with van der Waals surface area (Å²) >= 11 is 6.04. The van der Waals surface area contributed by atoms with E-state index in [0.717, 1.165) is 13.1 Å². The Kier molecular flexibility index (Phi) is 5.57. The Balaban J connectivity index is 2.80. The van der Waals surface area contributed by atoms with Crippen molar-refractivity contribution in [1.82, 2.24) is 4.90 Å². The molecule has 102 valence electrons. The van der Waals surface area contributed by atoms with Gasteiger partial charge in [0, 0.05) is 23.7 Å². The standard InChI is InChI=1S/C14H22ClFN2/c1-4-18(10-14(2,3)9-17)8-11-12(15)6-5-7-13(11)16/h5-7H,4,8-10,17H2,1-3H3. The quantitative estimate of drug-likeness (QED) is 0.861. The summed E-state index contributed by atoms with van der Waals surface area (Å²) in [5.41, 5.74) is 6.32. The topological polar surface area (TPSA) is 29.3 Å². The fraction of sp³-hybridized carbons (Fsp3) is 0.571. The van der Waals surface area contributed by atoms with Gasteiger partial charge in [-0.05, 0) is 30.6 Å². The lowest BCUT2D eigenvalue weighted by Crippen LogP contribution is -2.38. The normalized spacial score (nSPS) is 12.2. The zero-order chi connectivity index (χ0) is 13.8. The van der Waals surface area contributed by atoms with Crippen molar-refractivity contribution in [3.63, 3.8) is 0 Å². The van der Waals surface area contributed by atoms with E-state index in [2.05, 4.69) is 25.7 Å². The lowest BCUT2D eigenvalue weighted by molar-refractivity contribution is 0.182. The highest BCUT2D eigenvalue weighted by atomic mass is 35.5. The highest BCUT2D eigenvalue weighted by Crippen LogP contribution is 2.23. The third-order valence-corrected chi connectivity index (χ3v) is 3.45. The molecule has 0 bridgehead atoms. The van der Waals surface area contributed by atoms with Gasteiger partial charge < -0.3 is 5.73 Å². The fourth-order valence-corrected chi connectivity index (χ4v) is 2.08. The molecule has 18 heavy (non-hydrogen) atoms. The van der Waals surface area contributed by atoms with Gasteiger partial charge >= 0.3 is 0 Å². The molecular formula is C14H22ClFN2. The van der Waals surface area contributed by atoms with E-state index >= 15 is 0 Å². The van der Waals surface area contributed by atoms with Crippen LogP contribution in [0.3, 0.4) is 0 Å². The molecule has 2 N–H and O–H groups in total. The summed E-state index contributed by atoms with van der Waals surface area (Å²) in [6.45, 7) is 9.07. The van der Waals surface area contributed by atoms with Crippen LogP contribution in [-0.4, -0.2) is 24.5 Å². The van der Waals surface area contributed by atoms with E-state index in [1.165, 1.54) is 6.07 Å². The number of halogens is 2. The largest absolute Gasteiger partial charge is 0.330 e. The third kappa shape index (κ3) is 4.23. The van der Waals surface area contributed by atoms with Gasteiger partial charge in [-0.15, -0.1) is 0 Å². The molecule has 0 unspecified atom stereocenters. The molecule has 0 aromatic heterocycles. The smallest absolute Gasteiger partial charge is 0.129 e. The number of rotatable bonds is 6. The maximum absolute atomic E-state index is 13.7. The van der Waals surface area contributed by atoms with Crippen molar-refractivity contribution >= 4 is 11.6 Å². The summed E-state index contributed by atoms with van der Waals surface area (Å²) in [5, 5.41) is 0.485. The molecule has 0 amide bonds. The van der Waals surface area contributed by atoms with Gasteiger partial charge in [0.05, 0.1) is 0 Å². The Morgan fingerprint density at radius 1 is 1.39 bits per heavy atom. The monoisotopic (exact) mass is 272 g/mol. The highest BCUT2D eigenvalue weighted by Gasteiger charge is 2.20. The molecule has 0 aliphatic heterocycles. The Morgan fingerprint density at radius 3 is 2.56 bits per heavy atom. The van der Waals surface area contributed by atoms with Gasteiger partial charge in [0.25, 0.3) is 0 Å². The number of hydrogen-bond donors (Lipinski definition) is 1. The minimum atomic E-state index is -0.244. The molecule has 0 saturated heterocycles. The van der Waals surface area contributed by atoms with Crippen molar-refractivity contribution in [3.8, 4) is 0 Å². The average molecular weight is 273 g/mol. The first-order valence-electron chi connectivity index (χ1n) is 6.25. The SMILES string of the molecule is CCN(Cc1c(F)cccc1Cl)CC(C)(C)CN. The lowest BCUT2D eigenvalue weighted by atomic mass is 9.93. The molecule has 4 heteroatoms. The van der Waals surface area contributed by atoms with Crippen LogP contribution in [0.1, 0.15) is 26.3 Å². The zero-order valence-electron chi connectivity index (χ0n) is 11.3. The van der Waals surface area contributed by atoms with Crippen molar-refractivity contribution in [1.29, 1.82) is 0 Å². The van der Waals surface area contributed by atoms with Crippen LogP contribution in [0.25, 0.3) is 0 Å². The zero-order valence-corrected chi connectivity index (χ0v) is 12.1. The number of benzene rings is 1. The van der Waals surface area contributed by atoms with Crippen molar-refractivity contribution < 1.29 is 4.39 Å². The van der Waals surface area contributed by atoms with Crippen molar-refractivity contribution in [2.45, 2.75) is 27.3 Å². The van der Waals surface area contributed by atoms with Crippen LogP contribution in [0, 0.1) is 11.2 Å². The molecule has 0 aliphatic rings. The lowest BCUT2D eigenvalue weighted by Gasteiger charge is -2.31. The Morgan fingerprint density at radius 2 is 2.06 bits per heavy atom. The van der Waals surface area contributed by atoms with Gasteiger partial charge in [0.2, 0.25) is 0 Å². The molecule has 0 heterocycles. The fourth-order valence-electron chi connectivity index (χ4n) is 1.86. The van der Waals surface area contributed by atoms with Crippen LogP contribution in [0.2, 0.25) is 5.02 Å². The molecule has 0 atom stereocenters. The van der Waals surface area contributed by atoms with Crippen LogP contribution in [0.15, 0.2) is 18.2 Å². The van der Waals surface area contributed by atoms with E-state index in [1.807, 2.05) is 0 Å². The van der Waals surface area contributed by atoms with Crippen LogP contribution in [-0.2, 0) is 6.54 Å². The van der Waals surface area contributed by atoms with E-state index in [0.29, 0.717) is 23.7 Å². The maximum atomic E-state index is 13.7. The second-order valence-corrected chi connectivity index (χ2v) is 5.78. The minimum absolute atomic E-state index is 0.0216. The Labute approximate surface area is 114 Å². The molecule has 1 aromatic rings. The summed E-state index contributed by atoms with van der Waals surface area (Å²) in [6.07, 6.45) is 0. The predicted octanol–water partition coefficient (Wildman–Crippen LogP) is 3.29. The van der Waals surface area contributed by atoms with Gasteiger partial charge in [0.15, 0.2) is 0 Å². The van der Waals surface area contributed by atoms with Crippen LogP contribution in [0.5, 0.6) is 0 Å². The van der Waals surface area contributed by atoms with Gasteiger partial charge in [0.1, 0.15) is 5.82 Å². The third-order valence-electron chi connectivity index (χ3n) is 3.09. The summed E-state index contributed by atoms with van der Waals surface area (Å²) in [5.74, 6) is -0.244. The van der Waals surface area contributed by atoms with Crippen molar-refractivity contribution in [2.75, 3.05) is 19.6 Å². The van der Waals surface area contributed by atoms with Crippen molar-refractivity contribution in [2.24, 2.45) is 11.1 Å².